The van der Waals surface area contributed by atoms with Crippen LogP contribution >= 0.6 is 0 Å². The van der Waals surface area contributed by atoms with E-state index in [9.17, 15) is 4.79 Å². The van der Waals surface area contributed by atoms with Gasteiger partial charge in [0.2, 0.25) is 5.88 Å². The molecule has 0 saturated heterocycles. The topological polar surface area (TPSA) is 91.4 Å². The third kappa shape index (κ3) is 6.34. The summed E-state index contributed by atoms with van der Waals surface area (Å²) in [6.07, 6.45) is 5.40. The summed E-state index contributed by atoms with van der Waals surface area (Å²) in [5.74, 6) is 6.64. The van der Waals surface area contributed by atoms with Crippen LogP contribution in [0.3, 0.4) is 0 Å². The van der Waals surface area contributed by atoms with Gasteiger partial charge in [-0.3, -0.25) is 4.79 Å². The summed E-state index contributed by atoms with van der Waals surface area (Å²) in [6, 6.07) is 11.1. The van der Waals surface area contributed by atoms with Crippen LogP contribution in [0.15, 0.2) is 61.8 Å². The molecule has 1 aliphatic carbocycles. The highest BCUT2D eigenvalue weighted by molar-refractivity contribution is 6.09. The number of methoxy groups -OCH3 is 2. The number of nitrogens with zero attached hydrogens (tertiary/aromatic N) is 2. The van der Waals surface area contributed by atoms with Crippen molar-refractivity contribution in [1.82, 2.24) is 9.55 Å². The summed E-state index contributed by atoms with van der Waals surface area (Å²) in [4.78, 5) is 17.9. The molecule has 1 aliphatic rings. The molecule has 3 N–H and O–H groups in total. The molecule has 3 aromatic rings. The van der Waals surface area contributed by atoms with E-state index in [1.165, 1.54) is 0 Å². The quantitative estimate of drug-likeness (QED) is 0.316. The Bertz CT molecular complexity index is 1370. The van der Waals surface area contributed by atoms with Crippen LogP contribution in [0.25, 0.3) is 5.70 Å². The number of nitrogens with two attached hydrogens (primary N) is 1. The molecule has 1 amide bonds. The molecule has 1 saturated carbocycles. The molecule has 0 unspecified atom stereocenters. The zero-order valence-electron chi connectivity index (χ0n) is 22.9. The Hall–Kier alpha value is -4.28. The van der Waals surface area contributed by atoms with Crippen molar-refractivity contribution in [2.45, 2.75) is 45.8 Å². The lowest BCUT2D eigenvalue weighted by Crippen LogP contribution is -2.18. The van der Waals surface area contributed by atoms with Crippen LogP contribution in [0.1, 0.15) is 65.1 Å². The Morgan fingerprint density at radius 1 is 1.18 bits per heavy atom. The number of anilines is 1. The highest BCUT2D eigenvalue weighted by Crippen LogP contribution is 2.47. The second-order valence-electron chi connectivity index (χ2n) is 9.37. The smallest absolute Gasteiger partial charge is 0.259 e. The van der Waals surface area contributed by atoms with Crippen molar-refractivity contribution >= 4 is 17.3 Å². The van der Waals surface area contributed by atoms with Crippen molar-refractivity contribution in [2.75, 3.05) is 19.5 Å². The van der Waals surface area contributed by atoms with E-state index in [-0.39, 0.29) is 11.4 Å². The summed E-state index contributed by atoms with van der Waals surface area (Å²) < 4.78 is 12.4. The van der Waals surface area contributed by atoms with Crippen LogP contribution in [0.2, 0.25) is 0 Å². The van der Waals surface area contributed by atoms with Gasteiger partial charge in [0.05, 0.1) is 19.3 Å². The summed E-state index contributed by atoms with van der Waals surface area (Å²) in [7, 11) is 3.21. The van der Waals surface area contributed by atoms with Crippen molar-refractivity contribution in [2.24, 2.45) is 5.73 Å². The molecule has 0 spiro atoms. The lowest BCUT2D eigenvalue weighted by molar-refractivity contribution is 0.102. The van der Waals surface area contributed by atoms with Gasteiger partial charge in [0.15, 0.2) is 0 Å². The minimum absolute atomic E-state index is 0.114. The fourth-order valence-electron chi connectivity index (χ4n) is 4.25. The highest BCUT2D eigenvalue weighted by atomic mass is 16.5. The van der Waals surface area contributed by atoms with Crippen LogP contribution in [0, 0.1) is 18.8 Å². The van der Waals surface area contributed by atoms with Gasteiger partial charge in [-0.2, -0.15) is 0 Å². The monoisotopic (exact) mass is 512 g/mol. The minimum Gasteiger partial charge on any atom is -0.481 e. The SMILES string of the molecule is C=C(N)c1c(C(=O)Nc2ccc(COC)cc2)c(C#Cc2ccc(OC)nc2)n(C2(C)CC2)c1C.C=CC. The second kappa shape index (κ2) is 12.3. The van der Waals surface area contributed by atoms with Gasteiger partial charge in [0.1, 0.15) is 5.69 Å². The lowest BCUT2D eigenvalue weighted by Gasteiger charge is -2.16. The second-order valence-corrected chi connectivity index (χ2v) is 9.37. The molecule has 4 rings (SSSR count). The number of carbonyl (C=O) groups is 1. The number of nitrogens with one attached hydrogen (secondary N) is 1. The third-order valence-corrected chi connectivity index (χ3v) is 6.26. The number of ether oxygens (including phenoxy) is 2. The fraction of sp³-hybridized carbons (Fsp3) is 0.290. The maximum atomic E-state index is 13.6. The van der Waals surface area contributed by atoms with Gasteiger partial charge in [0.25, 0.3) is 5.91 Å². The molecule has 2 aromatic heterocycles. The first-order valence-corrected chi connectivity index (χ1v) is 12.4. The molecular formula is C31H36N4O3. The predicted octanol–water partition coefficient (Wildman–Crippen LogP) is 5.63. The van der Waals surface area contributed by atoms with E-state index >= 15 is 0 Å². The number of hydrogen-bond acceptors (Lipinski definition) is 5. The fourth-order valence-corrected chi connectivity index (χ4v) is 4.25. The van der Waals surface area contributed by atoms with E-state index < -0.39 is 0 Å². The Kier molecular flexibility index (Phi) is 9.16. The van der Waals surface area contributed by atoms with Crippen LogP contribution in [-0.4, -0.2) is 29.7 Å². The maximum absolute atomic E-state index is 13.6. The highest BCUT2D eigenvalue weighted by Gasteiger charge is 2.43. The summed E-state index contributed by atoms with van der Waals surface area (Å²) >= 11 is 0. The molecule has 198 valence electrons. The van der Waals surface area contributed by atoms with Crippen molar-refractivity contribution in [3.63, 3.8) is 0 Å². The van der Waals surface area contributed by atoms with E-state index in [1.54, 1.807) is 32.6 Å². The van der Waals surface area contributed by atoms with Crippen LogP contribution in [0.5, 0.6) is 5.88 Å². The summed E-state index contributed by atoms with van der Waals surface area (Å²) in [5.41, 5.74) is 11.4. The zero-order chi connectivity index (χ0) is 27.9. The number of rotatable bonds is 7. The first-order valence-electron chi connectivity index (χ1n) is 12.4. The standard InChI is InChI=1S/C28H30N4O3.C3H6/c1-18(29)25-19(2)32(28(3)14-15-28)23(12-8-20-9-13-24(35-5)30-16-20)26(25)27(33)31-22-10-6-21(7-11-22)17-34-4;1-3-2/h6-7,9-11,13,16H,1,14-15,17,29H2,2-5H3,(H,31,33);3H,1H2,2H3. The molecule has 7 heteroatoms. The maximum Gasteiger partial charge on any atom is 0.259 e. The first-order chi connectivity index (χ1) is 18.2. The summed E-state index contributed by atoms with van der Waals surface area (Å²) in [5, 5.41) is 3.00. The largest absolute Gasteiger partial charge is 0.481 e. The van der Waals surface area contributed by atoms with Crippen LogP contribution in [0.4, 0.5) is 5.69 Å². The van der Waals surface area contributed by atoms with Gasteiger partial charge >= 0.3 is 0 Å². The molecule has 1 aromatic carbocycles. The van der Waals surface area contributed by atoms with E-state index in [0.29, 0.717) is 46.3 Å². The Labute approximate surface area is 225 Å². The molecule has 2 heterocycles. The van der Waals surface area contributed by atoms with Gasteiger partial charge in [-0.15, -0.1) is 6.58 Å². The van der Waals surface area contributed by atoms with Crippen molar-refractivity contribution in [1.29, 1.82) is 0 Å². The number of amides is 1. The molecule has 38 heavy (non-hydrogen) atoms. The molecule has 1 fully saturated rings. The third-order valence-electron chi connectivity index (χ3n) is 6.26. The number of pyridine rings is 1. The van der Waals surface area contributed by atoms with E-state index in [4.69, 9.17) is 15.2 Å². The van der Waals surface area contributed by atoms with Crippen molar-refractivity contribution in [3.8, 4) is 17.7 Å². The van der Waals surface area contributed by atoms with E-state index in [0.717, 1.165) is 24.1 Å². The van der Waals surface area contributed by atoms with Crippen LogP contribution in [-0.2, 0) is 16.9 Å². The number of aromatic nitrogens is 2. The van der Waals surface area contributed by atoms with Gasteiger partial charge in [-0.25, -0.2) is 4.98 Å². The zero-order valence-corrected chi connectivity index (χ0v) is 22.9. The van der Waals surface area contributed by atoms with Gasteiger partial charge < -0.3 is 25.1 Å². The molecule has 0 atom stereocenters. The van der Waals surface area contributed by atoms with Crippen molar-refractivity contribution in [3.05, 3.63) is 95.5 Å². The van der Waals surface area contributed by atoms with Crippen LogP contribution < -0.4 is 15.8 Å². The molecule has 7 nitrogen and oxygen atoms in total. The average molecular weight is 513 g/mol. The number of allylic oxidation sites excluding steroid dienone is 1. The molecular weight excluding hydrogens is 476 g/mol. The normalized spacial score (nSPS) is 12.8. The van der Waals surface area contributed by atoms with E-state index in [2.05, 4.69) is 46.8 Å². The molecule has 0 bridgehead atoms. The number of benzene rings is 1. The predicted molar refractivity (Wildman–Crippen MR) is 153 cm³/mol. The average Bonchev–Trinajstić information content (AvgIpc) is 3.55. The van der Waals surface area contributed by atoms with Gasteiger partial charge in [0, 0.05) is 53.1 Å². The Morgan fingerprint density at radius 3 is 2.34 bits per heavy atom. The van der Waals surface area contributed by atoms with E-state index in [1.807, 2.05) is 44.2 Å². The molecule has 0 aliphatic heterocycles. The van der Waals surface area contributed by atoms with Gasteiger partial charge in [-0.05, 0) is 63.3 Å². The summed E-state index contributed by atoms with van der Waals surface area (Å²) in [6.45, 7) is 13.8. The minimum atomic E-state index is -0.283. The van der Waals surface area contributed by atoms with Gasteiger partial charge in [-0.1, -0.05) is 30.7 Å². The molecule has 0 radical (unpaired) electrons. The number of hydrogen-bond donors (Lipinski definition) is 2. The lowest BCUT2D eigenvalue weighted by atomic mass is 10.1. The Morgan fingerprint density at radius 2 is 1.84 bits per heavy atom. The van der Waals surface area contributed by atoms with Crippen molar-refractivity contribution < 1.29 is 14.3 Å². The Balaban J connectivity index is 0.00000127. The number of carbonyl (C=O) groups excluding carboxylic acids is 1. The first kappa shape index (κ1) is 28.3.